The molecule has 0 aromatic carbocycles. The van der Waals surface area contributed by atoms with Crippen LogP contribution in [0.1, 0.15) is 155 Å². The molecular formula is C70H118O23. The average Bonchev–Trinajstić information content (AvgIpc) is 0.828. The molecule has 536 valence electrons. The van der Waals surface area contributed by atoms with E-state index in [9.17, 15) is 102 Å². The van der Waals surface area contributed by atoms with Crippen LogP contribution in [0.3, 0.4) is 0 Å². The van der Waals surface area contributed by atoms with Crippen LogP contribution in [0.2, 0.25) is 0 Å². The highest BCUT2D eigenvalue weighted by Gasteiger charge is 2.47. The van der Waals surface area contributed by atoms with E-state index in [0.29, 0.717) is 63.4 Å². The molecule has 0 radical (unpaired) electrons. The Bertz CT molecular complexity index is 2240. The summed E-state index contributed by atoms with van der Waals surface area (Å²) in [6.45, 7) is 10.3. The fourth-order valence-corrected chi connectivity index (χ4v) is 11.1. The molecule has 23 heteroatoms. The minimum Gasteiger partial charge on any atom is -0.394 e. The summed E-state index contributed by atoms with van der Waals surface area (Å²) >= 11 is 0. The molecule has 2 aliphatic heterocycles. The molecule has 0 bridgehead atoms. The van der Waals surface area contributed by atoms with Gasteiger partial charge in [-0.15, -0.1) is 6.58 Å². The van der Waals surface area contributed by atoms with Gasteiger partial charge in [-0.05, 0) is 121 Å². The zero-order valence-electron chi connectivity index (χ0n) is 54.6. The van der Waals surface area contributed by atoms with Crippen LogP contribution in [0.5, 0.6) is 0 Å². The topological polar surface area (TPSA) is 443 Å². The Morgan fingerprint density at radius 2 is 1.04 bits per heavy atom. The number of rotatable bonds is 49. The summed E-state index contributed by atoms with van der Waals surface area (Å²) in [5, 5.41) is 223. The van der Waals surface area contributed by atoms with Crippen LogP contribution < -0.4 is 0 Å². The Morgan fingerprint density at radius 3 is 1.68 bits per heavy atom. The van der Waals surface area contributed by atoms with Crippen molar-refractivity contribution in [3.8, 4) is 0 Å². The van der Waals surface area contributed by atoms with Crippen LogP contribution in [0.15, 0.2) is 122 Å². The van der Waals surface area contributed by atoms with Crippen LogP contribution in [0.4, 0.5) is 0 Å². The third kappa shape index (κ3) is 34.5. The van der Waals surface area contributed by atoms with Gasteiger partial charge >= 0.3 is 0 Å². The van der Waals surface area contributed by atoms with Crippen LogP contribution >= 0.6 is 0 Å². The van der Waals surface area contributed by atoms with Gasteiger partial charge in [0.1, 0.15) is 61.0 Å². The number of allylic oxidation sites excluding steroid dienone is 11. The number of aliphatic hydroxyl groups excluding tert-OH is 21. The van der Waals surface area contributed by atoms with Gasteiger partial charge in [0.2, 0.25) is 0 Å². The molecule has 25 atom stereocenters. The molecule has 0 amide bonds. The molecule has 2 saturated heterocycles. The van der Waals surface area contributed by atoms with Gasteiger partial charge in [0.05, 0.1) is 92.1 Å². The van der Waals surface area contributed by atoms with Crippen molar-refractivity contribution in [3.63, 3.8) is 0 Å². The van der Waals surface area contributed by atoms with E-state index in [-0.39, 0.29) is 82.8 Å². The molecule has 23 nitrogen and oxygen atoms in total. The van der Waals surface area contributed by atoms with E-state index in [2.05, 4.69) is 13.2 Å². The first kappa shape index (κ1) is 85.6. The highest BCUT2D eigenvalue weighted by Crippen LogP contribution is 2.32. The SMILES string of the molecule is C=CCC/C=C/C=C/C=C/C=C/CC/C=C/C(O)C(O)C1OC(C(O)C(O)C(=C)CCC(O)C2CC(O)C(O)C(C(O)C(O)/C=C(\C)CCC(O)CC(O)C(O)C(C)CC(O)C(O)CCCCCC(O)CCCC(O)/C=C/CC(O)/C=C/CC(O)CO)O2)CC(O)C1O. The molecule has 0 aromatic heterocycles. The van der Waals surface area contributed by atoms with Crippen molar-refractivity contribution >= 4 is 0 Å². The fourth-order valence-electron chi connectivity index (χ4n) is 11.1. The Labute approximate surface area is 550 Å². The Morgan fingerprint density at radius 1 is 0.495 bits per heavy atom. The summed E-state index contributed by atoms with van der Waals surface area (Å²) in [7, 11) is 0. The second kappa shape index (κ2) is 48.2. The lowest BCUT2D eigenvalue weighted by Crippen LogP contribution is -2.59. The van der Waals surface area contributed by atoms with Gasteiger partial charge in [0, 0.05) is 19.3 Å². The summed E-state index contributed by atoms with van der Waals surface area (Å²) in [5.41, 5.74) is 0.479. The highest BCUT2D eigenvalue weighted by atomic mass is 16.6. The molecule has 0 aromatic rings. The zero-order valence-corrected chi connectivity index (χ0v) is 54.6. The van der Waals surface area contributed by atoms with Gasteiger partial charge in [-0.1, -0.05) is 136 Å². The molecular weight excluding hydrogens is 1210 g/mol. The highest BCUT2D eigenvalue weighted by molar-refractivity contribution is 5.16. The van der Waals surface area contributed by atoms with Crippen molar-refractivity contribution in [2.24, 2.45) is 5.92 Å². The molecule has 2 heterocycles. The molecule has 2 fully saturated rings. The van der Waals surface area contributed by atoms with Crippen molar-refractivity contribution in [2.45, 2.75) is 302 Å². The number of hydrogen-bond acceptors (Lipinski definition) is 23. The maximum absolute atomic E-state index is 11.2. The lowest BCUT2D eigenvalue weighted by atomic mass is 9.87. The molecule has 25 unspecified atom stereocenters. The number of aliphatic hydroxyl groups is 21. The minimum atomic E-state index is -1.83. The molecule has 0 saturated carbocycles. The molecule has 21 N–H and O–H groups in total. The first-order chi connectivity index (χ1) is 44.1. The minimum absolute atomic E-state index is 0.00417. The summed E-state index contributed by atoms with van der Waals surface area (Å²) in [4.78, 5) is 0. The van der Waals surface area contributed by atoms with Crippen molar-refractivity contribution in [1.82, 2.24) is 0 Å². The normalized spacial score (nSPS) is 26.9. The van der Waals surface area contributed by atoms with Crippen LogP contribution in [-0.2, 0) is 9.47 Å². The van der Waals surface area contributed by atoms with Gasteiger partial charge in [0.25, 0.3) is 0 Å². The van der Waals surface area contributed by atoms with Crippen molar-refractivity contribution < 1.29 is 117 Å². The summed E-state index contributed by atoms with van der Waals surface area (Å²) in [6.07, 6.45) is 1.55. The Balaban J connectivity index is 1.77. The van der Waals surface area contributed by atoms with E-state index in [1.165, 1.54) is 18.2 Å². The predicted octanol–water partition coefficient (Wildman–Crippen LogP) is 1.53. The first-order valence-corrected chi connectivity index (χ1v) is 33.3. The van der Waals surface area contributed by atoms with E-state index in [1.54, 1.807) is 38.2 Å². The molecule has 0 spiro atoms. The molecule has 2 aliphatic rings. The van der Waals surface area contributed by atoms with Gasteiger partial charge in [-0.3, -0.25) is 0 Å². The van der Waals surface area contributed by atoms with E-state index in [4.69, 9.17) is 14.6 Å². The molecule has 0 aliphatic carbocycles. The van der Waals surface area contributed by atoms with E-state index >= 15 is 0 Å². The number of hydrogen-bond donors (Lipinski definition) is 21. The third-order valence-electron chi connectivity index (χ3n) is 17.1. The van der Waals surface area contributed by atoms with Crippen LogP contribution in [-0.4, -0.2) is 260 Å². The van der Waals surface area contributed by atoms with Crippen molar-refractivity contribution in [2.75, 3.05) is 6.61 Å². The Kier molecular flexibility index (Phi) is 44.4. The smallest absolute Gasteiger partial charge is 0.115 e. The number of unbranched alkanes of at least 4 members (excludes halogenated alkanes) is 4. The predicted molar refractivity (Wildman–Crippen MR) is 352 cm³/mol. The maximum atomic E-state index is 11.2. The van der Waals surface area contributed by atoms with Gasteiger partial charge in [-0.25, -0.2) is 0 Å². The van der Waals surface area contributed by atoms with E-state index < -0.39 is 152 Å². The average molecular weight is 1330 g/mol. The molecule has 93 heavy (non-hydrogen) atoms. The lowest BCUT2D eigenvalue weighted by molar-refractivity contribution is -0.234. The van der Waals surface area contributed by atoms with Gasteiger partial charge in [-0.2, -0.15) is 0 Å². The molecule has 2 rings (SSSR count). The van der Waals surface area contributed by atoms with Gasteiger partial charge < -0.3 is 117 Å². The summed E-state index contributed by atoms with van der Waals surface area (Å²) in [5.74, 6) is -0.676. The first-order valence-electron chi connectivity index (χ1n) is 33.3. The zero-order chi connectivity index (χ0) is 69.6. The third-order valence-corrected chi connectivity index (χ3v) is 17.1. The largest absolute Gasteiger partial charge is 0.394 e. The van der Waals surface area contributed by atoms with Crippen molar-refractivity contribution in [3.05, 3.63) is 122 Å². The summed E-state index contributed by atoms with van der Waals surface area (Å²) < 4.78 is 11.6. The van der Waals surface area contributed by atoms with Crippen molar-refractivity contribution in [1.29, 1.82) is 0 Å². The standard InChI is InChI=1S/C70H118O23/c1-5-6-7-8-9-10-11-12-13-14-15-16-17-20-33-54(79)64(87)69-67(90)59(84)42-61(93-69)68(91)63(86)45(3)35-37-53(78)60-41-58(83)66(89)70(92-60)65(88)56(81)38-44(2)34-36-50(75)40-57(82)62(85)46(4)39-55(80)52(77)32-21-18-19-25-47(72)26-22-27-48(73)28-23-29-49(74)30-24-31-51(76)43-71/h5,8-15,20,23-24,28,30,33,38,46-91H,1,3,6-7,16-19,21-22,25-27,29,31-32,34-37,39-43H2,2,4H3/b9-8+,11-10+,13-12+,15-14+,28-23+,30-24+,33-20+,44-38+. The number of ether oxygens (including phenoxy) is 2. The fraction of sp³-hybridized carbons (Fsp3) is 0.714. The second-order valence-electron chi connectivity index (χ2n) is 25.4. The monoisotopic (exact) mass is 1330 g/mol. The second-order valence-corrected chi connectivity index (χ2v) is 25.4. The maximum Gasteiger partial charge on any atom is 0.115 e. The Hall–Kier alpha value is -3.52. The summed E-state index contributed by atoms with van der Waals surface area (Å²) in [6, 6.07) is 0. The van der Waals surface area contributed by atoms with Gasteiger partial charge in [0.15, 0.2) is 0 Å². The van der Waals surface area contributed by atoms with E-state index in [1.807, 2.05) is 54.7 Å². The van der Waals surface area contributed by atoms with E-state index in [0.717, 1.165) is 12.8 Å². The van der Waals surface area contributed by atoms with Crippen LogP contribution in [0.25, 0.3) is 0 Å². The van der Waals surface area contributed by atoms with Crippen LogP contribution in [0, 0.1) is 5.92 Å². The quantitative estimate of drug-likeness (QED) is 0.0233. The lowest BCUT2D eigenvalue weighted by Gasteiger charge is -2.42.